The predicted molar refractivity (Wildman–Crippen MR) is 135 cm³/mol. The number of nitrogens with zero attached hydrogens (tertiary/aromatic N) is 3. The fourth-order valence-electron chi connectivity index (χ4n) is 4.71. The fraction of sp³-hybridized carbons (Fsp3) is 0.207. The van der Waals surface area contributed by atoms with Crippen LogP contribution in [0.2, 0.25) is 0 Å². The molecule has 0 N–H and O–H groups in total. The third-order valence-corrected chi connectivity index (χ3v) is 6.53. The summed E-state index contributed by atoms with van der Waals surface area (Å²) in [5.74, 6) is 0.0952. The molecule has 0 aliphatic carbocycles. The quantitative estimate of drug-likeness (QED) is 0.452. The van der Waals surface area contributed by atoms with Gasteiger partial charge in [-0.05, 0) is 41.8 Å². The third kappa shape index (κ3) is 4.29. The number of benzene rings is 3. The maximum absolute atomic E-state index is 13.4. The Kier molecular flexibility index (Phi) is 6.09. The largest absolute Gasteiger partial charge is 0.339 e. The summed E-state index contributed by atoms with van der Waals surface area (Å²) in [6.07, 6.45) is 0.292. The van der Waals surface area contributed by atoms with Crippen LogP contribution in [0.1, 0.15) is 21.6 Å². The molecule has 1 aromatic heterocycles. The summed E-state index contributed by atoms with van der Waals surface area (Å²) in [5.41, 5.74) is 5.64. The van der Waals surface area contributed by atoms with Crippen molar-refractivity contribution in [1.29, 1.82) is 0 Å². The lowest BCUT2D eigenvalue weighted by Gasteiger charge is -2.35. The molecule has 1 aliphatic heterocycles. The molecule has 5 nitrogen and oxygen atoms in total. The van der Waals surface area contributed by atoms with E-state index in [-0.39, 0.29) is 11.8 Å². The van der Waals surface area contributed by atoms with Gasteiger partial charge in [0.2, 0.25) is 5.91 Å². The summed E-state index contributed by atoms with van der Waals surface area (Å²) in [7, 11) is 0. The smallest absolute Gasteiger partial charge is 0.253 e. The second-order valence-electron chi connectivity index (χ2n) is 8.65. The van der Waals surface area contributed by atoms with Crippen molar-refractivity contribution < 1.29 is 9.59 Å². The molecule has 1 aliphatic rings. The molecule has 1 saturated heterocycles. The Bertz CT molecular complexity index is 1330. The molecule has 0 atom stereocenters. The van der Waals surface area contributed by atoms with Crippen molar-refractivity contribution in [3.05, 3.63) is 102 Å². The Morgan fingerprint density at radius 2 is 1.35 bits per heavy atom. The van der Waals surface area contributed by atoms with Crippen LogP contribution in [0.5, 0.6) is 0 Å². The lowest BCUT2D eigenvalue weighted by molar-refractivity contribution is -0.131. The molecule has 1 fully saturated rings. The van der Waals surface area contributed by atoms with Crippen molar-refractivity contribution in [2.75, 3.05) is 26.2 Å². The minimum Gasteiger partial charge on any atom is -0.339 e. The van der Waals surface area contributed by atoms with Gasteiger partial charge in [0.05, 0.1) is 11.9 Å². The highest BCUT2D eigenvalue weighted by molar-refractivity contribution is 5.98. The van der Waals surface area contributed by atoms with E-state index < -0.39 is 0 Å². The number of hydrogen-bond acceptors (Lipinski definition) is 3. The minimum absolute atomic E-state index is 0.0219. The zero-order valence-electron chi connectivity index (χ0n) is 19.3. The number of hydrogen-bond donors (Lipinski definition) is 0. The van der Waals surface area contributed by atoms with Crippen molar-refractivity contribution in [3.8, 4) is 11.1 Å². The Hall–Kier alpha value is -3.99. The van der Waals surface area contributed by atoms with Crippen molar-refractivity contribution >= 4 is 22.7 Å². The van der Waals surface area contributed by atoms with Crippen molar-refractivity contribution in [3.63, 3.8) is 0 Å². The van der Waals surface area contributed by atoms with Crippen LogP contribution in [0.3, 0.4) is 0 Å². The third-order valence-electron chi connectivity index (χ3n) is 6.53. The van der Waals surface area contributed by atoms with Gasteiger partial charge < -0.3 is 9.80 Å². The molecule has 0 spiro atoms. The summed E-state index contributed by atoms with van der Waals surface area (Å²) >= 11 is 0. The van der Waals surface area contributed by atoms with Gasteiger partial charge in [-0.25, -0.2) is 0 Å². The van der Waals surface area contributed by atoms with E-state index in [2.05, 4.69) is 18.2 Å². The van der Waals surface area contributed by atoms with E-state index in [0.29, 0.717) is 38.2 Å². The molecule has 4 aromatic rings. The van der Waals surface area contributed by atoms with Crippen LogP contribution in [0, 0.1) is 6.92 Å². The number of carbonyl (C=O) groups excluding carboxylic acids is 2. The molecule has 0 saturated carbocycles. The monoisotopic (exact) mass is 449 g/mol. The van der Waals surface area contributed by atoms with Gasteiger partial charge in [0.25, 0.3) is 5.91 Å². The number of aryl methyl sites for hydroxylation is 1. The maximum Gasteiger partial charge on any atom is 0.253 e. The Morgan fingerprint density at radius 3 is 2.06 bits per heavy atom. The van der Waals surface area contributed by atoms with Crippen LogP contribution in [0.15, 0.2) is 84.9 Å². The topological polar surface area (TPSA) is 53.5 Å². The molecule has 2 amide bonds. The zero-order chi connectivity index (χ0) is 23.5. The Morgan fingerprint density at radius 1 is 0.765 bits per heavy atom. The highest BCUT2D eigenvalue weighted by Gasteiger charge is 2.26. The van der Waals surface area contributed by atoms with Gasteiger partial charge in [-0.2, -0.15) is 0 Å². The number of fused-ring (bicyclic) bond motifs is 1. The summed E-state index contributed by atoms with van der Waals surface area (Å²) in [5, 5.41) is 1.06. The van der Waals surface area contributed by atoms with Gasteiger partial charge in [0.1, 0.15) is 0 Å². The van der Waals surface area contributed by atoms with E-state index >= 15 is 0 Å². The second kappa shape index (κ2) is 9.48. The lowest BCUT2D eigenvalue weighted by atomic mass is 9.92. The molecular formula is C29H27N3O2. The van der Waals surface area contributed by atoms with E-state index in [1.54, 1.807) is 0 Å². The van der Waals surface area contributed by atoms with E-state index in [0.717, 1.165) is 33.3 Å². The van der Waals surface area contributed by atoms with Crippen LogP contribution < -0.4 is 0 Å². The Labute approximate surface area is 199 Å². The molecule has 0 bridgehead atoms. The molecule has 2 heterocycles. The van der Waals surface area contributed by atoms with Gasteiger partial charge in [0.15, 0.2) is 0 Å². The summed E-state index contributed by atoms with van der Waals surface area (Å²) in [4.78, 5) is 34.6. The predicted octanol–water partition coefficient (Wildman–Crippen LogP) is 4.74. The summed E-state index contributed by atoms with van der Waals surface area (Å²) in [6.45, 7) is 4.15. The molecule has 5 rings (SSSR count). The average Bonchev–Trinajstić information content (AvgIpc) is 2.89. The van der Waals surface area contributed by atoms with Gasteiger partial charge in [0, 0.05) is 42.8 Å². The molecule has 0 radical (unpaired) electrons. The van der Waals surface area contributed by atoms with E-state index in [1.165, 1.54) is 0 Å². The molecule has 5 heteroatoms. The molecule has 34 heavy (non-hydrogen) atoms. The average molecular weight is 450 g/mol. The van der Waals surface area contributed by atoms with Crippen molar-refractivity contribution in [1.82, 2.24) is 14.8 Å². The van der Waals surface area contributed by atoms with E-state index in [9.17, 15) is 9.59 Å². The van der Waals surface area contributed by atoms with Crippen LogP contribution >= 0.6 is 0 Å². The first-order chi connectivity index (χ1) is 16.6. The van der Waals surface area contributed by atoms with Crippen molar-refractivity contribution in [2.24, 2.45) is 0 Å². The highest BCUT2D eigenvalue weighted by atomic mass is 16.2. The van der Waals surface area contributed by atoms with Gasteiger partial charge in [-0.15, -0.1) is 0 Å². The highest BCUT2D eigenvalue weighted by Crippen LogP contribution is 2.33. The summed E-state index contributed by atoms with van der Waals surface area (Å²) in [6, 6.07) is 27.6. The van der Waals surface area contributed by atoms with Gasteiger partial charge in [-0.1, -0.05) is 66.7 Å². The Balaban J connectivity index is 1.37. The molecule has 170 valence electrons. The normalized spacial score (nSPS) is 13.8. The SMILES string of the molecule is Cc1nc2ccccc2c(-c2ccccc2)c1CC(=O)N1CCN(C(=O)c2ccccc2)CC1. The van der Waals surface area contributed by atoms with Gasteiger partial charge in [-0.3, -0.25) is 14.6 Å². The maximum atomic E-state index is 13.4. The van der Waals surface area contributed by atoms with Crippen LogP contribution in [0.25, 0.3) is 22.0 Å². The number of piperazine rings is 1. The minimum atomic E-state index is 0.0219. The number of aromatic nitrogens is 1. The van der Waals surface area contributed by atoms with Crippen LogP contribution in [-0.4, -0.2) is 52.8 Å². The van der Waals surface area contributed by atoms with E-state index in [4.69, 9.17) is 4.98 Å². The number of amides is 2. The van der Waals surface area contributed by atoms with E-state index in [1.807, 2.05) is 83.5 Å². The fourth-order valence-corrected chi connectivity index (χ4v) is 4.71. The second-order valence-corrected chi connectivity index (χ2v) is 8.65. The lowest BCUT2D eigenvalue weighted by Crippen LogP contribution is -2.51. The first kappa shape index (κ1) is 21.8. The molecule has 0 unspecified atom stereocenters. The number of pyridine rings is 1. The zero-order valence-corrected chi connectivity index (χ0v) is 19.3. The summed E-state index contributed by atoms with van der Waals surface area (Å²) < 4.78 is 0. The van der Waals surface area contributed by atoms with Crippen molar-refractivity contribution in [2.45, 2.75) is 13.3 Å². The number of rotatable bonds is 4. The number of carbonyl (C=O) groups is 2. The first-order valence-corrected chi connectivity index (χ1v) is 11.7. The first-order valence-electron chi connectivity index (χ1n) is 11.7. The standard InChI is InChI=1S/C29H27N3O2/c1-21-25(28(22-10-4-2-5-11-22)24-14-8-9-15-26(24)30-21)20-27(33)31-16-18-32(19-17-31)29(34)23-12-6-3-7-13-23/h2-15H,16-20H2,1H3. The number of para-hydroxylation sites is 1. The molecular weight excluding hydrogens is 422 g/mol. The van der Waals surface area contributed by atoms with Gasteiger partial charge >= 0.3 is 0 Å². The molecule has 3 aromatic carbocycles. The van der Waals surface area contributed by atoms with Crippen LogP contribution in [0.4, 0.5) is 0 Å². The van der Waals surface area contributed by atoms with Crippen LogP contribution in [-0.2, 0) is 11.2 Å².